The molecule has 1 rings (SSSR count). The van der Waals surface area contributed by atoms with E-state index in [2.05, 4.69) is 10.2 Å². The van der Waals surface area contributed by atoms with E-state index in [9.17, 15) is 14.9 Å². The van der Waals surface area contributed by atoms with Gasteiger partial charge in [0.05, 0.1) is 21.2 Å². The minimum atomic E-state index is -1.25. The van der Waals surface area contributed by atoms with Crippen molar-refractivity contribution in [3.05, 3.63) is 32.8 Å². The lowest BCUT2D eigenvalue weighted by Gasteiger charge is -2.13. The number of anilines is 1. The second-order valence-corrected chi connectivity index (χ2v) is 5.26. The number of nitrogens with zero attached hydrogens (tertiary/aromatic N) is 2. The van der Waals surface area contributed by atoms with Gasteiger partial charge in [-0.25, -0.2) is 4.79 Å². The van der Waals surface area contributed by atoms with Gasteiger partial charge in [-0.1, -0.05) is 11.6 Å². The van der Waals surface area contributed by atoms with Crippen molar-refractivity contribution < 1.29 is 14.8 Å². The van der Waals surface area contributed by atoms with Crippen LogP contribution < -0.4 is 5.32 Å². The molecule has 0 aliphatic heterocycles. The maximum absolute atomic E-state index is 11.2. The number of hydrogen-bond donors (Lipinski definition) is 2. The number of benzene rings is 1. The van der Waals surface area contributed by atoms with E-state index in [0.717, 1.165) is 31.5 Å². The number of rotatable bonds is 8. The number of carboxylic acid groups (broad SMARTS) is 1. The number of carboxylic acids is 1. The van der Waals surface area contributed by atoms with Crippen LogP contribution in [-0.2, 0) is 0 Å². The van der Waals surface area contributed by atoms with Crippen molar-refractivity contribution in [3.63, 3.8) is 0 Å². The second kappa shape index (κ2) is 7.80. The molecule has 0 bridgehead atoms. The third kappa shape index (κ3) is 5.20. The Morgan fingerprint density at radius 2 is 2.10 bits per heavy atom. The van der Waals surface area contributed by atoms with E-state index in [1.807, 2.05) is 14.1 Å². The van der Waals surface area contributed by atoms with Crippen LogP contribution in [0.25, 0.3) is 0 Å². The summed E-state index contributed by atoms with van der Waals surface area (Å²) >= 11 is 5.95. The van der Waals surface area contributed by atoms with Gasteiger partial charge in [-0.2, -0.15) is 0 Å². The molecule has 0 fully saturated rings. The molecule has 0 heterocycles. The second-order valence-electron chi connectivity index (χ2n) is 4.85. The molecule has 116 valence electrons. The molecular formula is C13H18ClN3O4. The van der Waals surface area contributed by atoms with Gasteiger partial charge >= 0.3 is 5.97 Å². The largest absolute Gasteiger partial charge is 0.478 e. The van der Waals surface area contributed by atoms with E-state index in [1.165, 1.54) is 0 Å². The summed E-state index contributed by atoms with van der Waals surface area (Å²) < 4.78 is 0. The molecule has 0 aromatic heterocycles. The van der Waals surface area contributed by atoms with E-state index < -0.39 is 10.9 Å². The Morgan fingerprint density at radius 3 is 2.62 bits per heavy atom. The van der Waals surface area contributed by atoms with Gasteiger partial charge in [0, 0.05) is 18.7 Å². The average molecular weight is 316 g/mol. The molecule has 8 heteroatoms. The van der Waals surface area contributed by atoms with Crippen LogP contribution in [0, 0.1) is 10.1 Å². The highest BCUT2D eigenvalue weighted by atomic mass is 35.5. The first-order valence-electron chi connectivity index (χ1n) is 6.42. The smallest absolute Gasteiger partial charge is 0.338 e. The molecule has 0 spiro atoms. The summed E-state index contributed by atoms with van der Waals surface area (Å²) in [5.74, 6) is -1.25. The molecule has 2 N–H and O–H groups in total. The van der Waals surface area contributed by atoms with Gasteiger partial charge < -0.3 is 15.3 Å². The van der Waals surface area contributed by atoms with Crippen molar-refractivity contribution in [2.75, 3.05) is 32.5 Å². The zero-order chi connectivity index (χ0) is 16.0. The van der Waals surface area contributed by atoms with Crippen molar-refractivity contribution in [2.45, 2.75) is 12.8 Å². The van der Waals surface area contributed by atoms with Gasteiger partial charge in [0.15, 0.2) is 0 Å². The molecule has 0 atom stereocenters. The van der Waals surface area contributed by atoms with Crippen LogP contribution in [0.5, 0.6) is 0 Å². The summed E-state index contributed by atoms with van der Waals surface area (Å²) in [5.41, 5.74) is -0.308. The fraction of sp³-hybridized carbons (Fsp3) is 0.462. The lowest BCUT2D eigenvalue weighted by molar-refractivity contribution is -0.384. The molecule has 1 aromatic rings. The number of nitrogens with one attached hydrogen (secondary N) is 1. The van der Waals surface area contributed by atoms with Crippen LogP contribution in [-0.4, -0.2) is 48.1 Å². The van der Waals surface area contributed by atoms with Crippen molar-refractivity contribution in [2.24, 2.45) is 0 Å². The van der Waals surface area contributed by atoms with Crippen LogP contribution in [0.15, 0.2) is 12.1 Å². The van der Waals surface area contributed by atoms with Crippen LogP contribution in [0.2, 0.25) is 5.02 Å². The Balaban J connectivity index is 2.81. The zero-order valence-corrected chi connectivity index (χ0v) is 12.7. The maximum Gasteiger partial charge on any atom is 0.338 e. The minimum Gasteiger partial charge on any atom is -0.478 e. The van der Waals surface area contributed by atoms with E-state index in [4.69, 9.17) is 16.7 Å². The van der Waals surface area contributed by atoms with Crippen LogP contribution >= 0.6 is 11.6 Å². The Hall–Kier alpha value is -1.86. The number of nitro benzene ring substituents is 1. The molecule has 0 saturated carbocycles. The molecule has 0 saturated heterocycles. The highest BCUT2D eigenvalue weighted by Crippen LogP contribution is 2.31. The maximum atomic E-state index is 11.2. The highest BCUT2D eigenvalue weighted by Gasteiger charge is 2.19. The quantitative estimate of drug-likeness (QED) is 0.435. The third-order valence-electron chi connectivity index (χ3n) is 2.85. The van der Waals surface area contributed by atoms with Crippen molar-refractivity contribution in [1.82, 2.24) is 4.90 Å². The predicted octanol–water partition coefficient (Wildman–Crippen LogP) is 2.70. The molecule has 0 unspecified atom stereocenters. The third-order valence-corrected chi connectivity index (χ3v) is 3.15. The molecule has 0 amide bonds. The summed E-state index contributed by atoms with van der Waals surface area (Å²) in [6.07, 6.45) is 1.79. The Bertz CT molecular complexity index is 534. The first kappa shape index (κ1) is 17.2. The van der Waals surface area contributed by atoms with E-state index in [0.29, 0.717) is 6.54 Å². The van der Waals surface area contributed by atoms with Gasteiger partial charge in [0.1, 0.15) is 0 Å². The molecule has 0 radical (unpaired) electrons. The molecule has 0 aliphatic rings. The Morgan fingerprint density at radius 1 is 1.43 bits per heavy atom. The lowest BCUT2D eigenvalue weighted by atomic mass is 10.1. The fourth-order valence-corrected chi connectivity index (χ4v) is 2.09. The van der Waals surface area contributed by atoms with Crippen LogP contribution in [0.3, 0.4) is 0 Å². The van der Waals surface area contributed by atoms with Crippen LogP contribution in [0.1, 0.15) is 23.2 Å². The number of unbranched alkanes of at least 4 members (excludes halogenated alkanes) is 1. The fourth-order valence-electron chi connectivity index (χ4n) is 1.81. The molecular weight excluding hydrogens is 298 g/mol. The number of non-ortho nitro benzene ring substituents is 1. The van der Waals surface area contributed by atoms with Crippen molar-refractivity contribution in [3.8, 4) is 0 Å². The molecule has 7 nitrogen and oxygen atoms in total. The standard InChI is InChI=1S/C13H18ClN3O4/c1-16(2)6-4-3-5-15-12-10(13(18)19)7-9(17(20)21)8-11(12)14/h7-8,15H,3-6H2,1-2H3,(H,18,19). The topological polar surface area (TPSA) is 95.7 Å². The van der Waals surface area contributed by atoms with Crippen molar-refractivity contribution in [1.29, 1.82) is 0 Å². The van der Waals surface area contributed by atoms with Gasteiger partial charge in [-0.05, 0) is 33.5 Å². The number of hydrogen-bond acceptors (Lipinski definition) is 5. The molecule has 21 heavy (non-hydrogen) atoms. The molecule has 1 aromatic carbocycles. The van der Waals surface area contributed by atoms with Crippen LogP contribution in [0.4, 0.5) is 11.4 Å². The number of halogens is 1. The number of aromatic carboxylic acids is 1. The Labute approximate surface area is 127 Å². The summed E-state index contributed by atoms with van der Waals surface area (Å²) in [4.78, 5) is 23.3. The SMILES string of the molecule is CN(C)CCCCNc1c(Cl)cc([N+](=O)[O-])cc1C(=O)O. The number of nitro groups is 1. The van der Waals surface area contributed by atoms with E-state index in [-0.39, 0.29) is 22.0 Å². The van der Waals surface area contributed by atoms with Gasteiger partial charge in [0.25, 0.3) is 5.69 Å². The van der Waals surface area contributed by atoms with Gasteiger partial charge in [-0.3, -0.25) is 10.1 Å². The van der Waals surface area contributed by atoms with E-state index in [1.54, 1.807) is 0 Å². The minimum absolute atomic E-state index is 0.0363. The first-order chi connectivity index (χ1) is 9.82. The average Bonchev–Trinajstić information content (AvgIpc) is 2.38. The summed E-state index contributed by atoms with van der Waals surface area (Å²) in [6.45, 7) is 1.48. The van der Waals surface area contributed by atoms with E-state index >= 15 is 0 Å². The summed E-state index contributed by atoms with van der Waals surface area (Å²) in [6, 6.07) is 2.16. The van der Waals surface area contributed by atoms with Gasteiger partial charge in [0.2, 0.25) is 0 Å². The van der Waals surface area contributed by atoms with Gasteiger partial charge in [-0.15, -0.1) is 0 Å². The van der Waals surface area contributed by atoms with Crippen molar-refractivity contribution >= 4 is 28.9 Å². The summed E-state index contributed by atoms with van der Waals surface area (Å²) in [7, 11) is 3.95. The summed E-state index contributed by atoms with van der Waals surface area (Å²) in [5, 5.41) is 22.9. The highest BCUT2D eigenvalue weighted by molar-refractivity contribution is 6.34. The normalized spacial score (nSPS) is 10.7. The zero-order valence-electron chi connectivity index (χ0n) is 11.9. The Kier molecular flexibility index (Phi) is 6.39. The predicted molar refractivity (Wildman–Crippen MR) is 81.3 cm³/mol. The first-order valence-corrected chi connectivity index (χ1v) is 6.80. The molecule has 0 aliphatic carbocycles. The lowest BCUT2D eigenvalue weighted by Crippen LogP contribution is -2.15. The monoisotopic (exact) mass is 315 g/mol. The number of carbonyl (C=O) groups is 1.